The molecule has 0 spiro atoms. The number of hydrogen-bond acceptors (Lipinski definition) is 9. The maximum absolute atomic E-state index is 15.4. The van der Waals surface area contributed by atoms with Gasteiger partial charge in [0.05, 0.1) is 23.5 Å². The molecule has 3 aromatic heterocycles. The SMILES string of the molecule is Cn1cc(Nc2ncnc(-c3cc4c(cc3F)[C@H](NC(=O)c3nc(C(C)(C)C)no3)CCCC4)n2)cn1. The molecule has 0 bridgehead atoms. The number of nitrogens with zero attached hydrogens (tertiary/aromatic N) is 7. The van der Waals surface area contributed by atoms with E-state index in [0.29, 0.717) is 17.9 Å². The Kier molecular flexibility index (Phi) is 6.40. The summed E-state index contributed by atoms with van der Waals surface area (Å²) in [5.74, 6) is -0.116. The molecule has 12 heteroatoms. The van der Waals surface area contributed by atoms with Crippen molar-refractivity contribution < 1.29 is 13.7 Å². The molecule has 11 nitrogen and oxygen atoms in total. The summed E-state index contributed by atoms with van der Waals surface area (Å²) in [5, 5.41) is 14.0. The number of benzene rings is 1. The van der Waals surface area contributed by atoms with Gasteiger partial charge >= 0.3 is 11.8 Å². The van der Waals surface area contributed by atoms with Crippen LogP contribution >= 0.6 is 0 Å². The third-order valence-corrected chi connectivity index (χ3v) is 6.16. The standard InChI is InChI=1S/C25H28FN9O2/c1-25(2,3)23-33-22(37-34-23)21(36)31-19-8-6-5-7-14-9-17(18(26)10-16(14)19)20-27-13-28-24(32-20)30-15-11-29-35(4)12-15/h9-13,19H,5-8H2,1-4H3,(H,31,36)(H,27,28,30,32)/t19-/m1/s1. The fourth-order valence-electron chi connectivity index (χ4n) is 4.26. The van der Waals surface area contributed by atoms with E-state index in [1.165, 1.54) is 12.4 Å². The Morgan fingerprint density at radius 3 is 2.76 bits per heavy atom. The van der Waals surface area contributed by atoms with Crippen LogP contribution in [0.1, 0.15) is 73.7 Å². The molecule has 4 aromatic rings. The fraction of sp³-hybridized carbons (Fsp3) is 0.400. The van der Waals surface area contributed by atoms with Crippen LogP contribution in [0.15, 0.2) is 35.4 Å². The number of halogens is 1. The van der Waals surface area contributed by atoms with Gasteiger partial charge in [-0.25, -0.2) is 14.4 Å². The van der Waals surface area contributed by atoms with Gasteiger partial charge in [0, 0.05) is 18.7 Å². The highest BCUT2D eigenvalue weighted by atomic mass is 19.1. The van der Waals surface area contributed by atoms with E-state index in [4.69, 9.17) is 4.52 Å². The molecule has 1 atom stereocenters. The first kappa shape index (κ1) is 24.5. The minimum Gasteiger partial charge on any atom is -0.341 e. The molecule has 0 saturated heterocycles. The minimum absolute atomic E-state index is 0.105. The Morgan fingerprint density at radius 2 is 2.03 bits per heavy atom. The van der Waals surface area contributed by atoms with Gasteiger partial charge in [-0.2, -0.15) is 15.1 Å². The molecule has 5 rings (SSSR count). The first-order valence-corrected chi connectivity index (χ1v) is 12.1. The predicted molar refractivity (Wildman–Crippen MR) is 132 cm³/mol. The molecule has 1 aliphatic carbocycles. The highest BCUT2D eigenvalue weighted by molar-refractivity contribution is 5.89. The Morgan fingerprint density at radius 1 is 1.19 bits per heavy atom. The van der Waals surface area contributed by atoms with Crippen molar-refractivity contribution in [2.45, 2.75) is 57.9 Å². The van der Waals surface area contributed by atoms with Gasteiger partial charge < -0.3 is 15.2 Å². The quantitative estimate of drug-likeness (QED) is 0.385. The second-order valence-corrected chi connectivity index (χ2v) is 10.1. The van der Waals surface area contributed by atoms with Crippen LogP contribution in [-0.2, 0) is 18.9 Å². The van der Waals surface area contributed by atoms with Crippen LogP contribution in [-0.4, -0.2) is 40.8 Å². The van der Waals surface area contributed by atoms with Gasteiger partial charge in [-0.1, -0.05) is 32.3 Å². The summed E-state index contributed by atoms with van der Waals surface area (Å²) in [6, 6.07) is 2.84. The normalized spacial score (nSPS) is 15.6. The summed E-state index contributed by atoms with van der Waals surface area (Å²) in [7, 11) is 1.80. The number of nitrogens with one attached hydrogen (secondary N) is 2. The maximum atomic E-state index is 15.4. The maximum Gasteiger partial charge on any atom is 0.315 e. The molecular formula is C25H28FN9O2. The molecule has 0 radical (unpaired) electrons. The van der Waals surface area contributed by atoms with E-state index in [9.17, 15) is 4.79 Å². The second kappa shape index (κ2) is 9.68. The molecule has 0 saturated carbocycles. The Hall–Kier alpha value is -4.22. The van der Waals surface area contributed by atoms with E-state index >= 15 is 4.39 Å². The van der Waals surface area contributed by atoms with Gasteiger partial charge in [0.15, 0.2) is 11.6 Å². The van der Waals surface area contributed by atoms with E-state index in [2.05, 4.69) is 40.8 Å². The van der Waals surface area contributed by atoms with Crippen LogP contribution in [0.3, 0.4) is 0 Å². The average Bonchev–Trinajstić information content (AvgIpc) is 3.47. The topological polar surface area (TPSA) is 137 Å². The first-order chi connectivity index (χ1) is 17.7. The number of fused-ring (bicyclic) bond motifs is 1. The van der Waals surface area contributed by atoms with Crippen LogP contribution in [0.2, 0.25) is 0 Å². The van der Waals surface area contributed by atoms with Gasteiger partial charge in [-0.15, -0.1) is 0 Å². The van der Waals surface area contributed by atoms with E-state index < -0.39 is 11.7 Å². The highest BCUT2D eigenvalue weighted by Gasteiger charge is 2.28. The number of carbonyl (C=O) groups is 1. The van der Waals surface area contributed by atoms with Crippen molar-refractivity contribution in [2.24, 2.45) is 7.05 Å². The van der Waals surface area contributed by atoms with Crippen LogP contribution in [0.25, 0.3) is 11.4 Å². The lowest BCUT2D eigenvalue weighted by molar-refractivity contribution is 0.0890. The van der Waals surface area contributed by atoms with Crippen molar-refractivity contribution in [1.82, 2.24) is 40.2 Å². The number of aryl methyl sites for hydroxylation is 2. The molecular weight excluding hydrogens is 477 g/mol. The van der Waals surface area contributed by atoms with Gasteiger partial charge in [-0.05, 0) is 42.5 Å². The van der Waals surface area contributed by atoms with E-state index in [1.807, 2.05) is 20.8 Å². The molecule has 37 heavy (non-hydrogen) atoms. The zero-order valence-corrected chi connectivity index (χ0v) is 21.1. The molecule has 1 aliphatic rings. The van der Waals surface area contributed by atoms with Crippen LogP contribution in [0.5, 0.6) is 0 Å². The average molecular weight is 506 g/mol. The molecule has 3 heterocycles. The number of amides is 1. The van der Waals surface area contributed by atoms with Crippen LogP contribution < -0.4 is 10.6 Å². The molecule has 0 fully saturated rings. The number of anilines is 2. The minimum atomic E-state index is -0.480. The van der Waals surface area contributed by atoms with E-state index in [-0.39, 0.29) is 34.7 Å². The van der Waals surface area contributed by atoms with Gasteiger partial charge in [0.1, 0.15) is 12.1 Å². The largest absolute Gasteiger partial charge is 0.341 e. The van der Waals surface area contributed by atoms with Crippen LogP contribution in [0, 0.1) is 5.82 Å². The van der Waals surface area contributed by atoms with Crippen molar-refractivity contribution >= 4 is 17.5 Å². The summed E-state index contributed by atoms with van der Waals surface area (Å²) < 4.78 is 22.3. The summed E-state index contributed by atoms with van der Waals surface area (Å²) in [6.07, 6.45) is 7.95. The molecule has 0 unspecified atom stereocenters. The molecule has 2 N–H and O–H groups in total. The Balaban J connectivity index is 1.40. The third kappa shape index (κ3) is 5.32. The lowest BCUT2D eigenvalue weighted by atomic mass is 9.95. The number of carbonyl (C=O) groups excluding carboxylic acids is 1. The molecule has 0 aliphatic heterocycles. The molecule has 192 valence electrons. The summed E-state index contributed by atoms with van der Waals surface area (Å²) in [4.78, 5) is 29.9. The lowest BCUT2D eigenvalue weighted by Gasteiger charge is -2.19. The van der Waals surface area contributed by atoms with Crippen LogP contribution in [0.4, 0.5) is 16.0 Å². The monoisotopic (exact) mass is 505 g/mol. The van der Waals surface area contributed by atoms with Crippen molar-refractivity contribution in [3.05, 3.63) is 59.5 Å². The summed E-state index contributed by atoms with van der Waals surface area (Å²) >= 11 is 0. The number of hydrogen-bond donors (Lipinski definition) is 2. The molecule has 1 amide bonds. The van der Waals surface area contributed by atoms with Gasteiger partial charge in [0.2, 0.25) is 5.95 Å². The second-order valence-electron chi connectivity index (χ2n) is 10.1. The van der Waals surface area contributed by atoms with E-state index in [1.54, 1.807) is 30.2 Å². The van der Waals surface area contributed by atoms with E-state index in [0.717, 1.165) is 30.4 Å². The molecule has 1 aromatic carbocycles. The highest BCUT2D eigenvalue weighted by Crippen LogP contribution is 2.33. The fourth-order valence-corrected chi connectivity index (χ4v) is 4.26. The van der Waals surface area contributed by atoms with Gasteiger partial charge in [-0.3, -0.25) is 9.48 Å². The van der Waals surface area contributed by atoms with Crippen molar-refractivity contribution in [3.8, 4) is 11.4 Å². The summed E-state index contributed by atoms with van der Waals surface area (Å²) in [6.45, 7) is 5.81. The smallest absolute Gasteiger partial charge is 0.315 e. The van der Waals surface area contributed by atoms with Crippen molar-refractivity contribution in [3.63, 3.8) is 0 Å². The Bertz CT molecular complexity index is 1440. The first-order valence-electron chi connectivity index (χ1n) is 12.1. The van der Waals surface area contributed by atoms with Gasteiger partial charge in [0.25, 0.3) is 0 Å². The van der Waals surface area contributed by atoms with Crippen molar-refractivity contribution in [1.29, 1.82) is 0 Å². The number of rotatable bonds is 5. The zero-order valence-electron chi connectivity index (χ0n) is 21.1. The zero-order chi connectivity index (χ0) is 26.2. The lowest BCUT2D eigenvalue weighted by Crippen LogP contribution is -2.29. The predicted octanol–water partition coefficient (Wildman–Crippen LogP) is 4.03. The summed E-state index contributed by atoms with van der Waals surface area (Å²) in [5.41, 5.74) is 2.29. The Labute approximate surface area is 212 Å². The third-order valence-electron chi connectivity index (χ3n) is 6.16. The van der Waals surface area contributed by atoms with Crippen molar-refractivity contribution in [2.75, 3.05) is 5.32 Å². The number of aromatic nitrogens is 7.